The van der Waals surface area contributed by atoms with Crippen molar-refractivity contribution in [1.82, 2.24) is 0 Å². The average Bonchev–Trinajstić information content (AvgIpc) is 2.25. The highest BCUT2D eigenvalue weighted by Crippen LogP contribution is 2.42. The Morgan fingerprint density at radius 3 is 2.26 bits per heavy atom. The molecule has 0 fully saturated rings. The van der Waals surface area contributed by atoms with Gasteiger partial charge in [0.05, 0.1) is 7.11 Å². The summed E-state index contributed by atoms with van der Waals surface area (Å²) in [5, 5.41) is -1.58. The van der Waals surface area contributed by atoms with Crippen molar-refractivity contribution >= 4 is 23.1 Å². The third kappa shape index (κ3) is 4.30. The first kappa shape index (κ1) is 15.6. The van der Waals surface area contributed by atoms with Crippen molar-refractivity contribution in [3.63, 3.8) is 0 Å². The molecule has 0 bridgehead atoms. The number of benzene rings is 1. The molecule has 106 valence electrons. The molecule has 1 aromatic carbocycles. The first-order valence-electron chi connectivity index (χ1n) is 4.49. The number of methoxy groups -OCH3 is 1. The minimum absolute atomic E-state index is 0.280. The van der Waals surface area contributed by atoms with Gasteiger partial charge in [0.1, 0.15) is 0 Å². The number of ether oxygens (including phenoxy) is 1. The molecule has 0 aliphatic carbocycles. The van der Waals surface area contributed by atoms with Crippen LogP contribution >= 0.6 is 7.82 Å². The molecule has 0 aromatic heterocycles. The Kier molecular flexibility index (Phi) is 4.33. The SMILES string of the molecule is COc1cc(C(=O)S(=O)(=O)O)ccc1OP(=O)(O)O. The highest BCUT2D eigenvalue weighted by Gasteiger charge is 2.24. The van der Waals surface area contributed by atoms with Crippen LogP contribution in [0.15, 0.2) is 18.2 Å². The molecule has 0 radical (unpaired) electrons. The van der Waals surface area contributed by atoms with Crippen molar-refractivity contribution in [3.8, 4) is 11.5 Å². The van der Waals surface area contributed by atoms with Crippen molar-refractivity contribution in [2.24, 2.45) is 0 Å². The third-order valence-electron chi connectivity index (χ3n) is 1.85. The van der Waals surface area contributed by atoms with Gasteiger partial charge < -0.3 is 9.26 Å². The van der Waals surface area contributed by atoms with E-state index < -0.39 is 28.6 Å². The third-order valence-corrected chi connectivity index (χ3v) is 2.99. The van der Waals surface area contributed by atoms with Crippen molar-refractivity contribution in [2.45, 2.75) is 0 Å². The molecule has 0 unspecified atom stereocenters. The van der Waals surface area contributed by atoms with Gasteiger partial charge in [0.15, 0.2) is 11.5 Å². The normalized spacial score (nSPS) is 12.0. The Morgan fingerprint density at radius 2 is 1.84 bits per heavy atom. The molecular formula is C8H9O9PS. The minimum Gasteiger partial charge on any atom is -0.493 e. The fourth-order valence-electron chi connectivity index (χ4n) is 1.15. The summed E-state index contributed by atoms with van der Waals surface area (Å²) in [5.74, 6) is -0.666. The first-order valence-corrected chi connectivity index (χ1v) is 7.46. The Labute approximate surface area is 107 Å². The summed E-state index contributed by atoms with van der Waals surface area (Å²) in [6, 6.07) is 2.70. The number of phosphoric acid groups is 1. The quantitative estimate of drug-likeness (QED) is 0.523. The van der Waals surface area contributed by atoms with E-state index in [1.165, 1.54) is 0 Å². The molecular weight excluding hydrogens is 303 g/mol. The number of hydrogen-bond donors (Lipinski definition) is 3. The fourth-order valence-corrected chi connectivity index (χ4v) is 1.98. The predicted molar refractivity (Wildman–Crippen MR) is 61.5 cm³/mol. The van der Waals surface area contributed by atoms with E-state index in [1.807, 2.05) is 0 Å². The molecule has 0 spiro atoms. The van der Waals surface area contributed by atoms with E-state index in [1.54, 1.807) is 0 Å². The molecule has 0 saturated heterocycles. The van der Waals surface area contributed by atoms with Gasteiger partial charge in [0, 0.05) is 5.56 Å². The lowest BCUT2D eigenvalue weighted by molar-refractivity contribution is 0.106. The van der Waals surface area contributed by atoms with E-state index >= 15 is 0 Å². The Hall–Kier alpha value is -1.45. The van der Waals surface area contributed by atoms with Crippen LogP contribution in [-0.2, 0) is 14.7 Å². The van der Waals surface area contributed by atoms with Crippen LogP contribution in [0.25, 0.3) is 0 Å². The molecule has 0 aliphatic rings. The van der Waals surface area contributed by atoms with Gasteiger partial charge in [-0.05, 0) is 18.2 Å². The Balaban J connectivity index is 3.24. The van der Waals surface area contributed by atoms with Crippen molar-refractivity contribution < 1.29 is 41.4 Å². The highest BCUT2D eigenvalue weighted by molar-refractivity contribution is 8.01. The maximum absolute atomic E-state index is 11.2. The zero-order chi connectivity index (χ0) is 14.8. The number of carbonyl (C=O) groups is 1. The summed E-state index contributed by atoms with van der Waals surface area (Å²) in [5.41, 5.74) is -0.447. The largest absolute Gasteiger partial charge is 0.524 e. The van der Waals surface area contributed by atoms with Crippen LogP contribution < -0.4 is 9.26 Å². The van der Waals surface area contributed by atoms with Crippen molar-refractivity contribution in [1.29, 1.82) is 0 Å². The second-order valence-electron chi connectivity index (χ2n) is 3.21. The zero-order valence-electron chi connectivity index (χ0n) is 9.38. The van der Waals surface area contributed by atoms with E-state index in [2.05, 4.69) is 4.52 Å². The van der Waals surface area contributed by atoms with Crippen LogP contribution in [-0.4, -0.2) is 35.0 Å². The van der Waals surface area contributed by atoms with E-state index in [0.29, 0.717) is 0 Å². The molecule has 0 amide bonds. The molecule has 0 heterocycles. The molecule has 0 saturated carbocycles. The summed E-state index contributed by atoms with van der Waals surface area (Å²) in [7, 11) is -8.63. The van der Waals surface area contributed by atoms with Crippen LogP contribution in [0.1, 0.15) is 10.4 Å². The molecule has 1 rings (SSSR count). The standard InChI is InChI=1S/C8H9O9PS/c1-16-7-4-5(8(9)19(13,14)15)2-3-6(7)17-18(10,11)12/h2-4H,1H3,(H2,10,11,12)(H,13,14,15). The second kappa shape index (κ2) is 5.27. The average molecular weight is 312 g/mol. The van der Waals surface area contributed by atoms with Gasteiger partial charge in [-0.15, -0.1) is 0 Å². The van der Waals surface area contributed by atoms with Gasteiger partial charge >= 0.3 is 23.1 Å². The summed E-state index contributed by atoms with van der Waals surface area (Å²) in [6.07, 6.45) is 0. The van der Waals surface area contributed by atoms with E-state index in [9.17, 15) is 17.8 Å². The second-order valence-corrected chi connectivity index (χ2v) is 5.69. The van der Waals surface area contributed by atoms with Gasteiger partial charge in [-0.3, -0.25) is 19.1 Å². The van der Waals surface area contributed by atoms with E-state index in [4.69, 9.17) is 19.1 Å². The lowest BCUT2D eigenvalue weighted by atomic mass is 10.2. The fraction of sp³-hybridized carbons (Fsp3) is 0.125. The van der Waals surface area contributed by atoms with Crippen LogP contribution in [0.4, 0.5) is 0 Å². The molecule has 19 heavy (non-hydrogen) atoms. The van der Waals surface area contributed by atoms with Gasteiger partial charge in [0.25, 0.3) is 0 Å². The molecule has 1 aromatic rings. The number of phosphoric ester groups is 1. The van der Waals surface area contributed by atoms with Crippen LogP contribution in [0, 0.1) is 0 Å². The molecule has 0 aliphatic heterocycles. The van der Waals surface area contributed by atoms with Gasteiger partial charge in [-0.1, -0.05) is 0 Å². The maximum Gasteiger partial charge on any atom is 0.524 e. The molecule has 11 heteroatoms. The van der Waals surface area contributed by atoms with Gasteiger partial charge in [0.2, 0.25) is 0 Å². The number of rotatable bonds is 4. The van der Waals surface area contributed by atoms with E-state index in [0.717, 1.165) is 25.3 Å². The summed E-state index contributed by atoms with van der Waals surface area (Å²) >= 11 is 0. The van der Waals surface area contributed by atoms with Crippen molar-refractivity contribution in [3.05, 3.63) is 23.8 Å². The molecule has 3 N–H and O–H groups in total. The highest BCUT2D eigenvalue weighted by atomic mass is 32.2. The maximum atomic E-state index is 11.2. The topological polar surface area (TPSA) is 147 Å². The first-order chi connectivity index (χ1) is 8.54. The molecule has 0 atom stereocenters. The monoisotopic (exact) mass is 312 g/mol. The van der Waals surface area contributed by atoms with Crippen LogP contribution in [0.3, 0.4) is 0 Å². The van der Waals surface area contributed by atoms with Crippen LogP contribution in [0.2, 0.25) is 0 Å². The zero-order valence-corrected chi connectivity index (χ0v) is 11.1. The van der Waals surface area contributed by atoms with Gasteiger partial charge in [-0.2, -0.15) is 8.42 Å². The predicted octanol–water partition coefficient (Wildman–Crippen LogP) is 0.195. The van der Waals surface area contributed by atoms with E-state index in [-0.39, 0.29) is 11.5 Å². The lowest BCUT2D eigenvalue weighted by Crippen LogP contribution is -2.13. The summed E-state index contributed by atoms with van der Waals surface area (Å²) in [4.78, 5) is 28.5. The smallest absolute Gasteiger partial charge is 0.493 e. The number of hydrogen-bond acceptors (Lipinski definition) is 6. The Morgan fingerprint density at radius 1 is 1.26 bits per heavy atom. The summed E-state index contributed by atoms with van der Waals surface area (Å²) in [6.45, 7) is 0. The minimum atomic E-state index is -4.92. The van der Waals surface area contributed by atoms with Crippen molar-refractivity contribution in [2.75, 3.05) is 7.11 Å². The summed E-state index contributed by atoms with van der Waals surface area (Å²) < 4.78 is 49.5. The lowest BCUT2D eigenvalue weighted by Gasteiger charge is -2.11. The Bertz CT molecular complexity index is 644. The molecule has 9 nitrogen and oxygen atoms in total. The van der Waals surface area contributed by atoms with Crippen LogP contribution in [0.5, 0.6) is 11.5 Å². The number of carbonyl (C=O) groups excluding carboxylic acids is 1. The van der Waals surface area contributed by atoms with Gasteiger partial charge in [-0.25, -0.2) is 4.57 Å².